The lowest BCUT2D eigenvalue weighted by atomic mass is 9.87. The second-order valence-corrected chi connectivity index (χ2v) is 6.49. The van der Waals surface area contributed by atoms with Gasteiger partial charge in [0.25, 0.3) is 0 Å². The minimum absolute atomic E-state index is 0.339. The highest BCUT2D eigenvalue weighted by molar-refractivity contribution is 5.79. The maximum absolute atomic E-state index is 12.3. The van der Waals surface area contributed by atoms with Crippen molar-refractivity contribution in [2.75, 3.05) is 13.1 Å². The Morgan fingerprint density at radius 3 is 2.71 bits per heavy atom. The highest BCUT2D eigenvalue weighted by Gasteiger charge is 2.43. The van der Waals surface area contributed by atoms with E-state index < -0.39 is 0 Å². The van der Waals surface area contributed by atoms with E-state index in [0.29, 0.717) is 29.7 Å². The van der Waals surface area contributed by atoms with Crippen molar-refractivity contribution in [3.63, 3.8) is 0 Å². The summed E-state index contributed by atoms with van der Waals surface area (Å²) in [6.07, 6.45) is 6.28. The Hall–Kier alpha value is -0.570. The van der Waals surface area contributed by atoms with E-state index in [4.69, 9.17) is 0 Å². The van der Waals surface area contributed by atoms with Crippen molar-refractivity contribution in [3.8, 4) is 0 Å². The minimum atomic E-state index is 0.339. The van der Waals surface area contributed by atoms with Gasteiger partial charge < -0.3 is 10.6 Å². The lowest BCUT2D eigenvalue weighted by Gasteiger charge is -2.30. The van der Waals surface area contributed by atoms with Crippen LogP contribution >= 0.6 is 0 Å². The van der Waals surface area contributed by atoms with Gasteiger partial charge in [-0.3, -0.25) is 4.79 Å². The molecule has 1 amide bonds. The van der Waals surface area contributed by atoms with Crippen LogP contribution in [0.25, 0.3) is 0 Å². The van der Waals surface area contributed by atoms with E-state index in [1.54, 1.807) is 0 Å². The van der Waals surface area contributed by atoms with Crippen LogP contribution in [0.5, 0.6) is 0 Å². The van der Waals surface area contributed by atoms with E-state index in [-0.39, 0.29) is 0 Å². The molecular formula is C14H24N2O. The van der Waals surface area contributed by atoms with Crippen molar-refractivity contribution in [1.29, 1.82) is 0 Å². The predicted molar refractivity (Wildman–Crippen MR) is 67.5 cm³/mol. The smallest absolute Gasteiger partial charge is 0.223 e. The van der Waals surface area contributed by atoms with Crippen LogP contribution in [-0.4, -0.2) is 25.0 Å². The van der Waals surface area contributed by atoms with Crippen LogP contribution in [0.15, 0.2) is 0 Å². The van der Waals surface area contributed by atoms with Gasteiger partial charge >= 0.3 is 0 Å². The van der Waals surface area contributed by atoms with Gasteiger partial charge in [-0.1, -0.05) is 13.3 Å². The number of piperidine rings is 1. The maximum atomic E-state index is 12.3. The number of carbonyl (C=O) groups is 1. The van der Waals surface area contributed by atoms with Gasteiger partial charge in [0, 0.05) is 18.5 Å². The maximum Gasteiger partial charge on any atom is 0.223 e. The number of hydrogen-bond donors (Lipinski definition) is 2. The third-order valence-electron chi connectivity index (χ3n) is 4.99. The Morgan fingerprint density at radius 2 is 2.06 bits per heavy atom. The first-order valence-electron chi connectivity index (χ1n) is 7.23. The van der Waals surface area contributed by atoms with Crippen molar-refractivity contribution in [1.82, 2.24) is 10.6 Å². The number of nitrogens with one attached hydrogen (secondary N) is 2. The minimum Gasteiger partial charge on any atom is -0.352 e. The molecule has 0 aromatic carbocycles. The van der Waals surface area contributed by atoms with Gasteiger partial charge in [-0.25, -0.2) is 0 Å². The molecular weight excluding hydrogens is 212 g/mol. The van der Waals surface area contributed by atoms with Crippen LogP contribution in [0.2, 0.25) is 0 Å². The Bertz CT molecular complexity index is 305. The molecule has 17 heavy (non-hydrogen) atoms. The predicted octanol–water partition coefficient (Wildman–Crippen LogP) is 1.54. The SMILES string of the molecule is CC1CNCC(NC(=O)C2CC3CCC2C3)C1. The average Bonchev–Trinajstić information content (AvgIpc) is 2.90. The molecule has 2 N–H and O–H groups in total. The number of amides is 1. The molecule has 1 saturated heterocycles. The average molecular weight is 236 g/mol. The van der Waals surface area contributed by atoms with Crippen LogP contribution in [0, 0.1) is 23.7 Å². The van der Waals surface area contributed by atoms with Gasteiger partial charge in [0.1, 0.15) is 0 Å². The first-order valence-corrected chi connectivity index (χ1v) is 7.23. The molecule has 2 saturated carbocycles. The summed E-state index contributed by atoms with van der Waals surface area (Å²) in [6.45, 7) is 4.31. The zero-order chi connectivity index (χ0) is 11.8. The molecule has 5 atom stereocenters. The molecule has 3 nitrogen and oxygen atoms in total. The van der Waals surface area contributed by atoms with Crippen LogP contribution < -0.4 is 10.6 Å². The van der Waals surface area contributed by atoms with Gasteiger partial charge in [0.15, 0.2) is 0 Å². The number of fused-ring (bicyclic) bond motifs is 2. The molecule has 3 rings (SSSR count). The van der Waals surface area contributed by atoms with Crippen molar-refractivity contribution >= 4 is 5.91 Å². The monoisotopic (exact) mass is 236 g/mol. The number of rotatable bonds is 2. The van der Waals surface area contributed by atoms with Crippen LogP contribution in [0.4, 0.5) is 0 Å². The van der Waals surface area contributed by atoms with Crippen molar-refractivity contribution in [3.05, 3.63) is 0 Å². The summed E-state index contributed by atoms with van der Waals surface area (Å²) in [4.78, 5) is 12.3. The zero-order valence-electron chi connectivity index (χ0n) is 10.7. The highest BCUT2D eigenvalue weighted by atomic mass is 16.2. The summed E-state index contributed by atoms with van der Waals surface area (Å²) in [7, 11) is 0. The summed E-state index contributed by atoms with van der Waals surface area (Å²) in [5, 5.41) is 6.67. The molecule has 5 unspecified atom stereocenters. The lowest BCUT2D eigenvalue weighted by Crippen LogP contribution is -2.50. The summed E-state index contributed by atoms with van der Waals surface area (Å²) in [5.74, 6) is 2.94. The van der Waals surface area contributed by atoms with E-state index in [9.17, 15) is 4.79 Å². The van der Waals surface area contributed by atoms with Crippen LogP contribution in [-0.2, 0) is 4.79 Å². The molecule has 0 spiro atoms. The molecule has 96 valence electrons. The van der Waals surface area contributed by atoms with Crippen LogP contribution in [0.3, 0.4) is 0 Å². The summed E-state index contributed by atoms with van der Waals surface area (Å²) in [6, 6.07) is 0.366. The Balaban J connectivity index is 1.53. The van der Waals surface area contributed by atoms with Gasteiger partial charge in [0.05, 0.1) is 0 Å². The van der Waals surface area contributed by atoms with E-state index in [1.165, 1.54) is 19.3 Å². The van der Waals surface area contributed by atoms with Gasteiger partial charge in [-0.15, -0.1) is 0 Å². The Kier molecular flexibility index (Phi) is 3.12. The van der Waals surface area contributed by atoms with E-state index in [0.717, 1.165) is 31.8 Å². The van der Waals surface area contributed by atoms with Gasteiger partial charge in [0.2, 0.25) is 5.91 Å². The van der Waals surface area contributed by atoms with E-state index >= 15 is 0 Å². The van der Waals surface area contributed by atoms with Gasteiger partial charge in [-0.05, 0) is 50.0 Å². The fourth-order valence-electron chi connectivity index (χ4n) is 4.14. The molecule has 3 fully saturated rings. The molecule has 2 bridgehead atoms. The third kappa shape index (κ3) is 2.35. The second-order valence-electron chi connectivity index (χ2n) is 6.49. The van der Waals surface area contributed by atoms with E-state index in [1.807, 2.05) is 0 Å². The topological polar surface area (TPSA) is 41.1 Å². The van der Waals surface area contributed by atoms with Crippen LogP contribution in [0.1, 0.15) is 39.0 Å². The van der Waals surface area contributed by atoms with Crippen molar-refractivity contribution in [2.24, 2.45) is 23.7 Å². The van der Waals surface area contributed by atoms with Crippen molar-refractivity contribution in [2.45, 2.75) is 45.1 Å². The third-order valence-corrected chi connectivity index (χ3v) is 4.99. The quantitative estimate of drug-likeness (QED) is 0.763. The molecule has 2 aliphatic carbocycles. The Morgan fingerprint density at radius 1 is 1.18 bits per heavy atom. The standard InChI is InChI=1S/C14H24N2O/c1-9-4-12(8-15-7-9)16-14(17)13-6-10-2-3-11(13)5-10/h9-13,15H,2-8H2,1H3,(H,16,17). The molecule has 0 aromatic rings. The molecule has 0 aromatic heterocycles. The number of hydrogen-bond acceptors (Lipinski definition) is 2. The zero-order valence-corrected chi connectivity index (χ0v) is 10.7. The van der Waals surface area contributed by atoms with E-state index in [2.05, 4.69) is 17.6 Å². The lowest BCUT2D eigenvalue weighted by molar-refractivity contribution is -0.127. The summed E-state index contributed by atoms with van der Waals surface area (Å²) in [5.41, 5.74) is 0. The normalized spacial score (nSPS) is 44.9. The second kappa shape index (κ2) is 4.60. The fraction of sp³-hybridized carbons (Fsp3) is 0.929. The highest BCUT2D eigenvalue weighted by Crippen LogP contribution is 2.48. The summed E-state index contributed by atoms with van der Waals surface area (Å²) >= 11 is 0. The molecule has 1 heterocycles. The molecule has 3 heteroatoms. The first kappa shape index (κ1) is 11.5. The Labute approximate surface area is 104 Å². The number of carbonyl (C=O) groups excluding carboxylic acids is 1. The fourth-order valence-corrected chi connectivity index (χ4v) is 4.14. The summed E-state index contributed by atoms with van der Waals surface area (Å²) < 4.78 is 0. The first-order chi connectivity index (χ1) is 8.22. The molecule has 1 aliphatic heterocycles. The molecule has 0 radical (unpaired) electrons. The van der Waals surface area contributed by atoms with Gasteiger partial charge in [-0.2, -0.15) is 0 Å². The largest absolute Gasteiger partial charge is 0.352 e. The molecule has 3 aliphatic rings. The van der Waals surface area contributed by atoms with Crippen molar-refractivity contribution < 1.29 is 4.79 Å².